The molecule has 0 aliphatic rings. The molecule has 0 radical (unpaired) electrons. The number of thioether (sulfide) groups is 1. The van der Waals surface area contributed by atoms with Crippen LogP contribution in [-0.4, -0.2) is 4.92 Å². The molecule has 3 nitrogen and oxygen atoms in total. The number of rotatable bonds is 4. The van der Waals surface area contributed by atoms with Crippen LogP contribution in [0.2, 0.25) is 0 Å². The Balaban J connectivity index is 2.08. The van der Waals surface area contributed by atoms with Crippen LogP contribution in [-0.2, 0) is 5.75 Å². The molecule has 0 saturated carbocycles. The quantitative estimate of drug-likeness (QED) is 0.480. The van der Waals surface area contributed by atoms with E-state index < -0.39 is 16.4 Å². The Morgan fingerprint density at radius 3 is 2.58 bits per heavy atom. The van der Waals surface area contributed by atoms with E-state index in [4.69, 9.17) is 0 Å². The molecule has 0 unspecified atom stereocenters. The number of halogens is 2. The zero-order valence-corrected chi connectivity index (χ0v) is 10.5. The fourth-order valence-corrected chi connectivity index (χ4v) is 2.40. The first kappa shape index (κ1) is 13.5. The van der Waals surface area contributed by atoms with E-state index in [0.29, 0.717) is 11.3 Å². The minimum Gasteiger partial charge on any atom is -0.258 e. The van der Waals surface area contributed by atoms with Gasteiger partial charge in [0.15, 0.2) is 0 Å². The SMILES string of the molecule is O=[N+]([O-])c1ccc(CSc2cccc(F)c2)cc1F. The van der Waals surface area contributed by atoms with Crippen molar-refractivity contribution in [3.05, 3.63) is 69.8 Å². The summed E-state index contributed by atoms with van der Waals surface area (Å²) in [5.41, 5.74) is 0.0665. The van der Waals surface area contributed by atoms with Crippen LogP contribution in [0, 0.1) is 21.7 Å². The Kier molecular flexibility index (Phi) is 4.11. The third-order valence-electron chi connectivity index (χ3n) is 2.41. The number of nitro groups is 1. The summed E-state index contributed by atoms with van der Waals surface area (Å²) in [5, 5.41) is 10.5. The normalized spacial score (nSPS) is 10.4. The number of hydrogen-bond donors (Lipinski definition) is 0. The van der Waals surface area contributed by atoms with Crippen LogP contribution in [0.15, 0.2) is 47.4 Å². The number of nitro benzene ring substituents is 1. The smallest absolute Gasteiger partial charge is 0.258 e. The van der Waals surface area contributed by atoms with E-state index in [1.54, 1.807) is 12.1 Å². The van der Waals surface area contributed by atoms with E-state index >= 15 is 0 Å². The monoisotopic (exact) mass is 281 g/mol. The topological polar surface area (TPSA) is 43.1 Å². The standard InChI is InChI=1S/C13H9F2NO2S/c14-10-2-1-3-11(7-10)19-8-9-4-5-13(16(17)18)12(15)6-9/h1-7H,8H2. The van der Waals surface area contributed by atoms with Gasteiger partial charge in [0, 0.05) is 16.7 Å². The van der Waals surface area contributed by atoms with Gasteiger partial charge in [-0.15, -0.1) is 11.8 Å². The first-order valence-electron chi connectivity index (χ1n) is 5.37. The van der Waals surface area contributed by atoms with E-state index in [9.17, 15) is 18.9 Å². The zero-order chi connectivity index (χ0) is 13.8. The molecule has 0 aliphatic heterocycles. The first-order valence-corrected chi connectivity index (χ1v) is 6.36. The highest BCUT2D eigenvalue weighted by molar-refractivity contribution is 7.98. The molecular weight excluding hydrogens is 272 g/mol. The number of benzene rings is 2. The van der Waals surface area contributed by atoms with Crippen molar-refractivity contribution in [2.45, 2.75) is 10.6 Å². The highest BCUT2D eigenvalue weighted by Gasteiger charge is 2.13. The van der Waals surface area contributed by atoms with Crippen molar-refractivity contribution in [2.24, 2.45) is 0 Å². The molecule has 0 aromatic heterocycles. The highest BCUT2D eigenvalue weighted by atomic mass is 32.2. The second-order valence-electron chi connectivity index (χ2n) is 3.79. The number of nitrogens with zero attached hydrogens (tertiary/aromatic N) is 1. The Hall–Kier alpha value is -1.95. The van der Waals surface area contributed by atoms with Crippen LogP contribution in [0.25, 0.3) is 0 Å². The maximum absolute atomic E-state index is 13.4. The summed E-state index contributed by atoms with van der Waals surface area (Å²) in [4.78, 5) is 10.4. The van der Waals surface area contributed by atoms with Crippen LogP contribution in [0.5, 0.6) is 0 Å². The van der Waals surface area contributed by atoms with Gasteiger partial charge in [-0.2, -0.15) is 4.39 Å². The van der Waals surface area contributed by atoms with Crippen molar-refractivity contribution in [3.8, 4) is 0 Å². The van der Waals surface area contributed by atoms with Gasteiger partial charge >= 0.3 is 5.69 Å². The molecule has 2 rings (SSSR count). The fraction of sp³-hybridized carbons (Fsp3) is 0.0769. The first-order chi connectivity index (χ1) is 9.06. The summed E-state index contributed by atoms with van der Waals surface area (Å²) in [5.74, 6) is -0.777. The predicted octanol–water partition coefficient (Wildman–Crippen LogP) is 4.17. The summed E-state index contributed by atoms with van der Waals surface area (Å²) >= 11 is 1.33. The zero-order valence-electron chi connectivity index (χ0n) is 9.68. The van der Waals surface area contributed by atoms with E-state index in [1.807, 2.05) is 0 Å². The molecule has 0 heterocycles. The van der Waals surface area contributed by atoms with Crippen molar-refractivity contribution in [3.63, 3.8) is 0 Å². The van der Waals surface area contributed by atoms with Gasteiger partial charge in [-0.1, -0.05) is 12.1 Å². The van der Waals surface area contributed by atoms with Crippen molar-refractivity contribution in [1.82, 2.24) is 0 Å². The fourth-order valence-electron chi connectivity index (χ4n) is 1.51. The minimum atomic E-state index is -0.859. The molecule has 0 aliphatic carbocycles. The summed E-state index contributed by atoms with van der Waals surface area (Å²) < 4.78 is 26.3. The van der Waals surface area contributed by atoms with Crippen molar-refractivity contribution >= 4 is 17.4 Å². The summed E-state index contributed by atoms with van der Waals surface area (Å²) in [6.45, 7) is 0. The lowest BCUT2D eigenvalue weighted by atomic mass is 10.2. The second kappa shape index (κ2) is 5.79. The molecule has 0 N–H and O–H groups in total. The molecule has 0 saturated heterocycles. The molecular formula is C13H9F2NO2S. The predicted molar refractivity (Wildman–Crippen MR) is 69.0 cm³/mol. The molecule has 0 fully saturated rings. The maximum Gasteiger partial charge on any atom is 0.304 e. The van der Waals surface area contributed by atoms with Crippen molar-refractivity contribution in [2.75, 3.05) is 0 Å². The molecule has 19 heavy (non-hydrogen) atoms. The Morgan fingerprint density at radius 2 is 1.95 bits per heavy atom. The largest absolute Gasteiger partial charge is 0.304 e. The van der Waals surface area contributed by atoms with E-state index in [-0.39, 0.29) is 5.82 Å². The molecule has 0 atom stereocenters. The van der Waals surface area contributed by atoms with Crippen molar-refractivity contribution < 1.29 is 13.7 Å². The lowest BCUT2D eigenvalue weighted by Crippen LogP contribution is -1.93. The molecule has 98 valence electrons. The van der Waals surface area contributed by atoms with Gasteiger partial charge in [0.25, 0.3) is 0 Å². The van der Waals surface area contributed by atoms with Gasteiger partial charge in [0.2, 0.25) is 5.82 Å². The highest BCUT2D eigenvalue weighted by Crippen LogP contribution is 2.25. The van der Waals surface area contributed by atoms with Gasteiger partial charge in [-0.25, -0.2) is 4.39 Å². The summed E-state index contributed by atoms with van der Waals surface area (Å²) in [7, 11) is 0. The van der Waals surface area contributed by atoms with Crippen LogP contribution < -0.4 is 0 Å². The third-order valence-corrected chi connectivity index (χ3v) is 3.48. The van der Waals surface area contributed by atoms with Crippen LogP contribution >= 0.6 is 11.8 Å². The molecule has 0 bridgehead atoms. The molecule has 2 aromatic rings. The molecule has 2 aromatic carbocycles. The molecule has 0 spiro atoms. The summed E-state index contributed by atoms with van der Waals surface area (Å²) in [6, 6.07) is 9.82. The lowest BCUT2D eigenvalue weighted by Gasteiger charge is -2.03. The van der Waals surface area contributed by atoms with Crippen LogP contribution in [0.1, 0.15) is 5.56 Å². The second-order valence-corrected chi connectivity index (χ2v) is 4.84. The van der Waals surface area contributed by atoms with Gasteiger partial charge in [0.1, 0.15) is 5.82 Å². The van der Waals surface area contributed by atoms with Crippen LogP contribution in [0.3, 0.4) is 0 Å². The Labute approximate surface area is 112 Å². The van der Waals surface area contributed by atoms with Gasteiger partial charge in [-0.3, -0.25) is 10.1 Å². The lowest BCUT2D eigenvalue weighted by molar-refractivity contribution is -0.387. The van der Waals surface area contributed by atoms with Gasteiger partial charge in [-0.05, 0) is 29.8 Å². The van der Waals surface area contributed by atoms with E-state index in [0.717, 1.165) is 17.0 Å². The van der Waals surface area contributed by atoms with Crippen LogP contribution in [0.4, 0.5) is 14.5 Å². The Bertz CT molecular complexity index is 619. The van der Waals surface area contributed by atoms with Gasteiger partial charge < -0.3 is 0 Å². The van der Waals surface area contributed by atoms with E-state index in [1.165, 1.54) is 30.0 Å². The maximum atomic E-state index is 13.4. The average Bonchev–Trinajstić information content (AvgIpc) is 2.36. The molecule has 6 heteroatoms. The minimum absolute atomic E-state index is 0.333. The third kappa shape index (κ3) is 3.51. The van der Waals surface area contributed by atoms with Crippen molar-refractivity contribution in [1.29, 1.82) is 0 Å². The average molecular weight is 281 g/mol. The molecule has 0 amide bonds. The van der Waals surface area contributed by atoms with Gasteiger partial charge in [0.05, 0.1) is 4.92 Å². The number of hydrogen-bond acceptors (Lipinski definition) is 3. The Morgan fingerprint density at radius 1 is 1.16 bits per heavy atom. The summed E-state index contributed by atoms with van der Waals surface area (Å²) in [6.07, 6.45) is 0. The van der Waals surface area contributed by atoms with E-state index in [2.05, 4.69) is 0 Å².